The van der Waals surface area contributed by atoms with Crippen LogP contribution in [0.1, 0.15) is 0 Å². The van der Waals surface area contributed by atoms with Gasteiger partial charge in [-0.15, -0.1) is 0 Å². The molecule has 1 atom stereocenters. The van der Waals surface area contributed by atoms with Crippen LogP contribution < -0.4 is 4.72 Å². The van der Waals surface area contributed by atoms with Crippen LogP contribution in [0.2, 0.25) is 0 Å². The molecular formula is C15H10N2S2. The standard InChI is InChI=1S/C15H10N2S2/c18-19-15-6-2-1-5-11(15)12-8-10-4-3-7-16-13(10)9-14(12)17-19/h1-9,17H. The van der Waals surface area contributed by atoms with Crippen LogP contribution in [0.5, 0.6) is 0 Å². The molecule has 1 unspecified atom stereocenters. The molecule has 4 heteroatoms. The quantitative estimate of drug-likeness (QED) is 0.681. The van der Waals surface area contributed by atoms with Crippen LogP contribution in [0.15, 0.2) is 59.6 Å². The van der Waals surface area contributed by atoms with E-state index in [4.69, 9.17) is 11.2 Å². The Morgan fingerprint density at radius 3 is 2.84 bits per heavy atom. The molecule has 3 aromatic rings. The molecule has 0 radical (unpaired) electrons. The van der Waals surface area contributed by atoms with E-state index in [9.17, 15) is 0 Å². The number of nitrogens with one attached hydrogen (secondary N) is 1. The van der Waals surface area contributed by atoms with Gasteiger partial charge in [-0.2, -0.15) is 0 Å². The third-order valence-corrected chi connectivity index (χ3v) is 5.27. The van der Waals surface area contributed by atoms with Gasteiger partial charge >= 0.3 is 0 Å². The number of hydrogen-bond acceptors (Lipinski definition) is 2. The van der Waals surface area contributed by atoms with E-state index in [1.165, 1.54) is 16.0 Å². The Balaban J connectivity index is 2.09. The summed E-state index contributed by atoms with van der Waals surface area (Å²) in [6, 6.07) is 16.7. The highest BCUT2D eigenvalue weighted by Crippen LogP contribution is 2.39. The lowest BCUT2D eigenvalue weighted by Gasteiger charge is -2.23. The fourth-order valence-electron chi connectivity index (χ4n) is 2.43. The minimum atomic E-state index is -0.364. The first-order valence-electron chi connectivity index (χ1n) is 5.99. The smallest absolute Gasteiger partial charge is 0.0723 e. The summed E-state index contributed by atoms with van der Waals surface area (Å²) >= 11 is 5.54. The van der Waals surface area contributed by atoms with Crippen LogP contribution in [0, 0.1) is 0 Å². The van der Waals surface area contributed by atoms with E-state index in [1.54, 1.807) is 0 Å². The molecule has 0 bridgehead atoms. The van der Waals surface area contributed by atoms with Gasteiger partial charge in [-0.05, 0) is 41.0 Å². The summed E-state index contributed by atoms with van der Waals surface area (Å²) in [6.45, 7) is 0. The monoisotopic (exact) mass is 282 g/mol. The Hall–Kier alpha value is -1.78. The first-order valence-corrected chi connectivity index (χ1v) is 8.14. The molecule has 19 heavy (non-hydrogen) atoms. The summed E-state index contributed by atoms with van der Waals surface area (Å²) in [5.41, 5.74) is 4.54. The van der Waals surface area contributed by atoms with Gasteiger partial charge < -0.3 is 4.72 Å². The van der Waals surface area contributed by atoms with E-state index in [1.807, 2.05) is 18.3 Å². The molecule has 2 aromatic carbocycles. The van der Waals surface area contributed by atoms with Gasteiger partial charge in [-0.25, -0.2) is 0 Å². The highest BCUT2D eigenvalue weighted by molar-refractivity contribution is 8.29. The minimum Gasteiger partial charge on any atom is -0.323 e. The number of aromatic nitrogens is 1. The zero-order valence-corrected chi connectivity index (χ0v) is 11.6. The predicted molar refractivity (Wildman–Crippen MR) is 83.8 cm³/mol. The summed E-state index contributed by atoms with van der Waals surface area (Å²) in [5.74, 6) is 0. The maximum atomic E-state index is 5.54. The van der Waals surface area contributed by atoms with Gasteiger partial charge in [0.05, 0.1) is 11.2 Å². The molecule has 1 aromatic heterocycles. The number of rotatable bonds is 0. The molecule has 1 N–H and O–H groups in total. The van der Waals surface area contributed by atoms with Crippen molar-refractivity contribution < 1.29 is 0 Å². The molecular weight excluding hydrogens is 272 g/mol. The lowest BCUT2D eigenvalue weighted by molar-refractivity contribution is 1.39. The second kappa shape index (κ2) is 4.11. The Bertz CT molecular complexity index is 827. The van der Waals surface area contributed by atoms with Crippen molar-refractivity contribution in [2.45, 2.75) is 4.90 Å². The Labute approximate surface area is 118 Å². The van der Waals surface area contributed by atoms with Crippen molar-refractivity contribution in [1.29, 1.82) is 0 Å². The van der Waals surface area contributed by atoms with Gasteiger partial charge in [0.25, 0.3) is 0 Å². The van der Waals surface area contributed by atoms with E-state index in [-0.39, 0.29) is 9.64 Å². The van der Waals surface area contributed by atoms with Crippen LogP contribution in [0.25, 0.3) is 22.0 Å². The number of anilines is 1. The lowest BCUT2D eigenvalue weighted by atomic mass is 10.0. The number of nitrogens with zero attached hydrogens (tertiary/aromatic N) is 1. The largest absolute Gasteiger partial charge is 0.323 e. The molecule has 0 spiro atoms. The van der Waals surface area contributed by atoms with Crippen molar-refractivity contribution >= 4 is 37.4 Å². The third kappa shape index (κ3) is 1.68. The van der Waals surface area contributed by atoms with Crippen molar-refractivity contribution in [2.24, 2.45) is 0 Å². The zero-order valence-electron chi connectivity index (χ0n) is 9.96. The van der Waals surface area contributed by atoms with Crippen molar-refractivity contribution in [2.75, 3.05) is 4.72 Å². The molecule has 4 rings (SSSR count). The fourth-order valence-corrected chi connectivity index (χ4v) is 4.20. The zero-order chi connectivity index (χ0) is 12.8. The second-order valence-corrected chi connectivity index (χ2v) is 6.64. The van der Waals surface area contributed by atoms with Gasteiger partial charge in [0.15, 0.2) is 0 Å². The minimum absolute atomic E-state index is 0.364. The Kier molecular flexibility index (Phi) is 2.40. The van der Waals surface area contributed by atoms with Crippen molar-refractivity contribution in [1.82, 2.24) is 4.98 Å². The van der Waals surface area contributed by atoms with E-state index in [2.05, 4.69) is 46.1 Å². The molecule has 0 amide bonds. The average Bonchev–Trinajstić information content (AvgIpc) is 2.46. The molecule has 0 fully saturated rings. The summed E-state index contributed by atoms with van der Waals surface area (Å²) in [4.78, 5) is 5.60. The maximum absolute atomic E-state index is 5.54. The molecule has 0 saturated heterocycles. The van der Waals surface area contributed by atoms with Crippen LogP contribution in [0.3, 0.4) is 0 Å². The van der Waals surface area contributed by atoms with E-state index in [0.29, 0.717) is 0 Å². The summed E-state index contributed by atoms with van der Waals surface area (Å²) in [5, 5.41) is 1.16. The normalized spacial score (nSPS) is 16.5. The van der Waals surface area contributed by atoms with Crippen LogP contribution in [0.4, 0.5) is 5.69 Å². The van der Waals surface area contributed by atoms with Crippen LogP contribution in [-0.4, -0.2) is 4.98 Å². The summed E-state index contributed by atoms with van der Waals surface area (Å²) < 4.78 is 3.41. The van der Waals surface area contributed by atoms with Gasteiger partial charge in [-0.1, -0.05) is 24.3 Å². The number of hydrogen-bond donors (Lipinski definition) is 1. The number of pyridine rings is 1. The lowest BCUT2D eigenvalue weighted by Crippen LogP contribution is -2.11. The van der Waals surface area contributed by atoms with Crippen molar-refractivity contribution in [3.63, 3.8) is 0 Å². The molecule has 0 aliphatic carbocycles. The second-order valence-electron chi connectivity index (χ2n) is 4.46. The first-order chi connectivity index (χ1) is 9.33. The topological polar surface area (TPSA) is 24.9 Å². The molecule has 0 saturated carbocycles. The Morgan fingerprint density at radius 2 is 1.89 bits per heavy atom. The predicted octanol–water partition coefficient (Wildman–Crippen LogP) is 3.68. The van der Waals surface area contributed by atoms with Gasteiger partial charge in [0, 0.05) is 31.7 Å². The van der Waals surface area contributed by atoms with E-state index in [0.717, 1.165) is 16.6 Å². The third-order valence-electron chi connectivity index (χ3n) is 3.32. The van der Waals surface area contributed by atoms with Crippen molar-refractivity contribution in [3.8, 4) is 11.1 Å². The molecule has 92 valence electrons. The fraction of sp³-hybridized carbons (Fsp3) is 0. The average molecular weight is 282 g/mol. The summed E-state index contributed by atoms with van der Waals surface area (Å²) in [7, 11) is -0.364. The highest BCUT2D eigenvalue weighted by atomic mass is 32.8. The van der Waals surface area contributed by atoms with Crippen LogP contribution in [-0.2, 0) is 20.8 Å². The van der Waals surface area contributed by atoms with Crippen LogP contribution >= 0.6 is 0 Å². The molecule has 2 heterocycles. The van der Waals surface area contributed by atoms with Gasteiger partial charge in [0.2, 0.25) is 0 Å². The van der Waals surface area contributed by atoms with Gasteiger partial charge in [0.1, 0.15) is 0 Å². The number of fused-ring (bicyclic) bond motifs is 4. The SMILES string of the molecule is S=S1Nc2cc3ncccc3cc2-c2ccccc21. The summed E-state index contributed by atoms with van der Waals surface area (Å²) in [6.07, 6.45) is 1.82. The van der Waals surface area contributed by atoms with Gasteiger partial charge in [-0.3, -0.25) is 4.98 Å². The molecule has 1 aliphatic heterocycles. The highest BCUT2D eigenvalue weighted by Gasteiger charge is 2.18. The van der Waals surface area contributed by atoms with E-state index < -0.39 is 0 Å². The molecule has 2 nitrogen and oxygen atoms in total. The number of benzene rings is 2. The first kappa shape index (κ1) is 11.1. The Morgan fingerprint density at radius 1 is 1.00 bits per heavy atom. The maximum Gasteiger partial charge on any atom is 0.0723 e. The van der Waals surface area contributed by atoms with Crippen molar-refractivity contribution in [3.05, 3.63) is 54.7 Å². The molecule has 1 aliphatic rings. The van der Waals surface area contributed by atoms with E-state index >= 15 is 0 Å².